The van der Waals surface area contributed by atoms with Crippen LogP contribution in [0, 0.1) is 0 Å². The Labute approximate surface area is 168 Å². The van der Waals surface area contributed by atoms with Crippen LogP contribution in [0.1, 0.15) is 27.8 Å². The highest BCUT2D eigenvalue weighted by molar-refractivity contribution is 6.08. The van der Waals surface area contributed by atoms with Gasteiger partial charge >= 0.3 is 0 Å². The summed E-state index contributed by atoms with van der Waals surface area (Å²) in [5.41, 5.74) is 2.41. The van der Waals surface area contributed by atoms with Crippen LogP contribution in [-0.2, 0) is 4.79 Å². The lowest BCUT2D eigenvalue weighted by Gasteiger charge is -2.17. The number of hydrogen-bond acceptors (Lipinski definition) is 4. The lowest BCUT2D eigenvalue weighted by atomic mass is 10.2. The number of para-hydroxylation sites is 1. The lowest BCUT2D eigenvalue weighted by molar-refractivity contribution is -0.114. The summed E-state index contributed by atoms with van der Waals surface area (Å²) in [4.78, 5) is 41.9. The Morgan fingerprint density at radius 2 is 1.48 bits per heavy atom. The highest BCUT2D eigenvalue weighted by Gasteiger charge is 2.16. The lowest BCUT2D eigenvalue weighted by Crippen LogP contribution is -2.26. The fourth-order valence-corrected chi connectivity index (χ4v) is 2.69. The van der Waals surface area contributed by atoms with E-state index in [0.29, 0.717) is 16.9 Å². The topological polar surface area (TPSA) is 91.4 Å². The number of pyridine rings is 1. The van der Waals surface area contributed by atoms with E-state index in [-0.39, 0.29) is 17.5 Å². The van der Waals surface area contributed by atoms with Crippen molar-refractivity contribution in [2.75, 3.05) is 22.6 Å². The van der Waals surface area contributed by atoms with Crippen LogP contribution in [0.4, 0.5) is 17.1 Å². The maximum Gasteiger partial charge on any atom is 0.274 e. The Morgan fingerprint density at radius 3 is 2.10 bits per heavy atom. The number of nitrogens with zero attached hydrogens (tertiary/aromatic N) is 2. The van der Waals surface area contributed by atoms with E-state index in [4.69, 9.17) is 0 Å². The van der Waals surface area contributed by atoms with Crippen molar-refractivity contribution in [2.24, 2.45) is 0 Å². The molecule has 0 spiro atoms. The number of hydrogen-bond donors (Lipinski definition) is 2. The molecule has 0 aliphatic heterocycles. The van der Waals surface area contributed by atoms with Crippen LogP contribution in [0.15, 0.2) is 72.9 Å². The third-order valence-corrected chi connectivity index (χ3v) is 4.15. The first-order valence-corrected chi connectivity index (χ1v) is 8.92. The Hall–Kier alpha value is -4.00. The van der Waals surface area contributed by atoms with Gasteiger partial charge in [0.05, 0.1) is 0 Å². The van der Waals surface area contributed by atoms with Crippen molar-refractivity contribution in [3.05, 3.63) is 84.2 Å². The van der Waals surface area contributed by atoms with Crippen molar-refractivity contribution >= 4 is 34.8 Å². The SMILES string of the molecule is CC(=O)Nc1ccc(NC(=O)c2cc(C(=O)N(C)c3ccccc3)ccn2)cc1. The summed E-state index contributed by atoms with van der Waals surface area (Å²) in [6.45, 7) is 1.42. The zero-order valence-corrected chi connectivity index (χ0v) is 16.0. The standard InChI is InChI=1S/C22H20N4O3/c1-15(27)24-17-8-10-18(11-9-17)25-21(28)20-14-16(12-13-23-20)22(29)26(2)19-6-4-3-5-7-19/h3-14H,1-2H3,(H,24,27)(H,25,28). The molecule has 29 heavy (non-hydrogen) atoms. The zero-order chi connectivity index (χ0) is 20.8. The van der Waals surface area contributed by atoms with Gasteiger partial charge < -0.3 is 15.5 Å². The second kappa shape index (κ2) is 8.79. The fraction of sp³-hybridized carbons (Fsp3) is 0.0909. The van der Waals surface area contributed by atoms with Crippen LogP contribution >= 0.6 is 0 Å². The Bertz CT molecular complexity index is 1030. The van der Waals surface area contributed by atoms with Crippen molar-refractivity contribution < 1.29 is 14.4 Å². The second-order valence-electron chi connectivity index (χ2n) is 6.34. The second-order valence-corrected chi connectivity index (χ2v) is 6.34. The van der Waals surface area contributed by atoms with Crippen LogP contribution in [0.2, 0.25) is 0 Å². The summed E-state index contributed by atoms with van der Waals surface area (Å²) in [7, 11) is 1.68. The van der Waals surface area contributed by atoms with Gasteiger partial charge in [-0.2, -0.15) is 0 Å². The molecule has 3 rings (SSSR count). The van der Waals surface area contributed by atoms with Gasteiger partial charge in [0.2, 0.25) is 5.91 Å². The molecule has 2 N–H and O–H groups in total. The Balaban J connectivity index is 1.72. The number of nitrogens with one attached hydrogen (secondary N) is 2. The maximum absolute atomic E-state index is 12.7. The van der Waals surface area contributed by atoms with E-state index in [2.05, 4.69) is 15.6 Å². The van der Waals surface area contributed by atoms with Gasteiger partial charge in [-0.15, -0.1) is 0 Å². The molecule has 0 fully saturated rings. The molecule has 1 heterocycles. The Kier molecular flexibility index (Phi) is 5.99. The summed E-state index contributed by atoms with van der Waals surface area (Å²) >= 11 is 0. The molecule has 0 atom stereocenters. The molecule has 0 saturated heterocycles. The van der Waals surface area contributed by atoms with Gasteiger partial charge in [-0.3, -0.25) is 19.4 Å². The normalized spacial score (nSPS) is 10.1. The molecule has 0 unspecified atom stereocenters. The number of aromatic nitrogens is 1. The van der Waals surface area contributed by atoms with E-state index in [0.717, 1.165) is 5.69 Å². The zero-order valence-electron chi connectivity index (χ0n) is 16.0. The molecule has 146 valence electrons. The molecule has 0 aliphatic carbocycles. The number of amides is 3. The van der Waals surface area contributed by atoms with Crippen molar-refractivity contribution in [3.8, 4) is 0 Å². The first kappa shape index (κ1) is 19.8. The smallest absolute Gasteiger partial charge is 0.274 e. The predicted octanol–water partition coefficient (Wildman–Crippen LogP) is 3.57. The Morgan fingerprint density at radius 1 is 0.862 bits per heavy atom. The number of benzene rings is 2. The van der Waals surface area contributed by atoms with E-state index in [1.54, 1.807) is 37.4 Å². The first-order valence-electron chi connectivity index (χ1n) is 8.92. The minimum Gasteiger partial charge on any atom is -0.326 e. The fourth-order valence-electron chi connectivity index (χ4n) is 2.69. The van der Waals surface area contributed by atoms with Crippen molar-refractivity contribution in [3.63, 3.8) is 0 Å². The van der Waals surface area contributed by atoms with E-state index >= 15 is 0 Å². The molecule has 7 nitrogen and oxygen atoms in total. The third kappa shape index (κ3) is 5.04. The van der Waals surface area contributed by atoms with E-state index in [1.807, 2.05) is 30.3 Å². The van der Waals surface area contributed by atoms with Gasteiger partial charge in [-0.05, 0) is 48.5 Å². The van der Waals surface area contributed by atoms with Gasteiger partial charge in [0.25, 0.3) is 11.8 Å². The first-order chi connectivity index (χ1) is 13.9. The van der Waals surface area contributed by atoms with Crippen molar-refractivity contribution in [2.45, 2.75) is 6.92 Å². The highest BCUT2D eigenvalue weighted by atomic mass is 16.2. The average Bonchev–Trinajstić information content (AvgIpc) is 2.74. The largest absolute Gasteiger partial charge is 0.326 e. The van der Waals surface area contributed by atoms with Crippen molar-refractivity contribution in [1.82, 2.24) is 4.98 Å². The number of rotatable bonds is 5. The molecule has 3 aromatic rings. The molecule has 7 heteroatoms. The summed E-state index contributed by atoms with van der Waals surface area (Å²) in [5, 5.41) is 5.38. The van der Waals surface area contributed by atoms with Crippen LogP contribution in [0.5, 0.6) is 0 Å². The van der Waals surface area contributed by atoms with Crippen molar-refractivity contribution in [1.29, 1.82) is 0 Å². The van der Waals surface area contributed by atoms with Gasteiger partial charge in [0, 0.05) is 42.8 Å². The molecule has 0 aliphatic rings. The molecule has 0 saturated carbocycles. The van der Waals surface area contributed by atoms with Crippen LogP contribution in [-0.4, -0.2) is 29.8 Å². The average molecular weight is 388 g/mol. The van der Waals surface area contributed by atoms with Gasteiger partial charge in [0.1, 0.15) is 5.69 Å². The molecule has 2 aromatic carbocycles. The summed E-state index contributed by atoms with van der Waals surface area (Å²) < 4.78 is 0. The molecular weight excluding hydrogens is 368 g/mol. The van der Waals surface area contributed by atoms with E-state index < -0.39 is 5.91 Å². The van der Waals surface area contributed by atoms with Crippen LogP contribution in [0.3, 0.4) is 0 Å². The molecule has 0 bridgehead atoms. The predicted molar refractivity (Wildman–Crippen MR) is 112 cm³/mol. The minimum atomic E-state index is -0.436. The quantitative estimate of drug-likeness (QED) is 0.699. The van der Waals surface area contributed by atoms with Gasteiger partial charge in [-0.1, -0.05) is 18.2 Å². The van der Waals surface area contributed by atoms with Crippen LogP contribution < -0.4 is 15.5 Å². The summed E-state index contributed by atoms with van der Waals surface area (Å²) in [5.74, 6) is -0.852. The molecule has 1 aromatic heterocycles. The van der Waals surface area contributed by atoms with E-state index in [9.17, 15) is 14.4 Å². The minimum absolute atomic E-state index is 0.128. The number of carbonyl (C=O) groups excluding carboxylic acids is 3. The van der Waals surface area contributed by atoms with E-state index in [1.165, 1.54) is 24.1 Å². The molecule has 0 radical (unpaired) electrons. The summed E-state index contributed by atoms with van der Waals surface area (Å²) in [6, 6.07) is 19.0. The van der Waals surface area contributed by atoms with Gasteiger partial charge in [-0.25, -0.2) is 0 Å². The number of carbonyl (C=O) groups is 3. The highest BCUT2D eigenvalue weighted by Crippen LogP contribution is 2.17. The maximum atomic E-state index is 12.7. The molecular formula is C22H20N4O3. The third-order valence-electron chi connectivity index (χ3n) is 4.15. The summed E-state index contributed by atoms with van der Waals surface area (Å²) in [6.07, 6.45) is 1.43. The number of anilines is 3. The van der Waals surface area contributed by atoms with Crippen LogP contribution in [0.25, 0.3) is 0 Å². The monoisotopic (exact) mass is 388 g/mol. The van der Waals surface area contributed by atoms with Gasteiger partial charge in [0.15, 0.2) is 0 Å². The molecule has 3 amide bonds.